The lowest BCUT2D eigenvalue weighted by Crippen LogP contribution is -1.90. The average Bonchev–Trinajstić information content (AvgIpc) is 2.41. The molecule has 0 aliphatic heterocycles. The lowest BCUT2D eigenvalue weighted by atomic mass is 10.2. The van der Waals surface area contributed by atoms with E-state index in [1.807, 2.05) is 30.3 Å². The maximum atomic E-state index is 12.8. The molecule has 0 unspecified atom stereocenters. The Bertz CT molecular complexity index is 677. The van der Waals surface area contributed by atoms with Gasteiger partial charge in [-0.05, 0) is 48.5 Å². The predicted octanol–water partition coefficient (Wildman–Crippen LogP) is 4.12. The third kappa shape index (κ3) is 2.15. The summed E-state index contributed by atoms with van der Waals surface area (Å²) in [7, 11) is 0. The summed E-state index contributed by atoms with van der Waals surface area (Å²) < 4.78 is 12.8. The van der Waals surface area contributed by atoms with Crippen LogP contribution in [0.25, 0.3) is 10.9 Å². The molecule has 0 amide bonds. The number of benzene rings is 2. The fraction of sp³-hybridized carbons (Fsp3) is 0. The van der Waals surface area contributed by atoms with Gasteiger partial charge >= 0.3 is 0 Å². The van der Waals surface area contributed by atoms with Crippen LogP contribution in [0.4, 0.5) is 15.8 Å². The molecule has 0 spiro atoms. The number of hydrogen-bond acceptors (Lipinski definition) is 2. The molecule has 0 saturated heterocycles. The number of anilines is 2. The third-order valence-electron chi connectivity index (χ3n) is 2.74. The van der Waals surface area contributed by atoms with E-state index in [4.69, 9.17) is 0 Å². The first-order valence-electron chi connectivity index (χ1n) is 5.69. The molecule has 3 heteroatoms. The lowest BCUT2D eigenvalue weighted by molar-refractivity contribution is 0.628. The Morgan fingerprint density at radius 3 is 2.50 bits per heavy atom. The molecule has 0 aliphatic rings. The van der Waals surface area contributed by atoms with Gasteiger partial charge < -0.3 is 5.32 Å². The Kier molecular flexibility index (Phi) is 2.65. The van der Waals surface area contributed by atoms with Crippen LogP contribution in [0.1, 0.15) is 0 Å². The van der Waals surface area contributed by atoms with E-state index >= 15 is 0 Å². The SMILES string of the molecule is Fc1ccc(Nc2ccc3ncccc3c2)cc1. The zero-order valence-electron chi connectivity index (χ0n) is 9.60. The number of halogens is 1. The number of nitrogens with zero attached hydrogens (tertiary/aromatic N) is 1. The summed E-state index contributed by atoms with van der Waals surface area (Å²) in [5.74, 6) is -0.233. The molecule has 0 radical (unpaired) electrons. The van der Waals surface area contributed by atoms with Crippen molar-refractivity contribution in [3.63, 3.8) is 0 Å². The van der Waals surface area contributed by atoms with Crippen molar-refractivity contribution in [2.45, 2.75) is 0 Å². The monoisotopic (exact) mass is 238 g/mol. The highest BCUT2D eigenvalue weighted by molar-refractivity contribution is 5.83. The predicted molar refractivity (Wildman–Crippen MR) is 71.4 cm³/mol. The van der Waals surface area contributed by atoms with E-state index < -0.39 is 0 Å². The van der Waals surface area contributed by atoms with Gasteiger partial charge in [-0.2, -0.15) is 0 Å². The Hall–Kier alpha value is -2.42. The second-order valence-corrected chi connectivity index (χ2v) is 4.04. The van der Waals surface area contributed by atoms with E-state index in [2.05, 4.69) is 10.3 Å². The topological polar surface area (TPSA) is 24.9 Å². The second-order valence-electron chi connectivity index (χ2n) is 4.04. The number of rotatable bonds is 2. The van der Waals surface area contributed by atoms with Crippen LogP contribution in [-0.4, -0.2) is 4.98 Å². The van der Waals surface area contributed by atoms with E-state index in [0.717, 1.165) is 22.3 Å². The van der Waals surface area contributed by atoms with E-state index in [1.54, 1.807) is 18.3 Å². The first-order chi connectivity index (χ1) is 8.81. The van der Waals surface area contributed by atoms with Gasteiger partial charge in [0.2, 0.25) is 0 Å². The van der Waals surface area contributed by atoms with Crippen molar-refractivity contribution in [1.82, 2.24) is 4.98 Å². The zero-order chi connectivity index (χ0) is 12.4. The van der Waals surface area contributed by atoms with Gasteiger partial charge in [0.1, 0.15) is 5.82 Å². The molecule has 18 heavy (non-hydrogen) atoms. The average molecular weight is 238 g/mol. The molecule has 0 aliphatic carbocycles. The molecule has 2 aromatic carbocycles. The molecule has 3 aromatic rings. The minimum atomic E-state index is -0.233. The molecule has 1 N–H and O–H groups in total. The standard InChI is InChI=1S/C15H11FN2/c16-12-3-5-13(6-4-12)18-14-7-8-15-11(10-14)2-1-9-17-15/h1-10,18H. The Labute approximate surface area is 104 Å². The van der Waals surface area contributed by atoms with E-state index in [1.165, 1.54) is 12.1 Å². The number of fused-ring (bicyclic) bond motifs is 1. The number of aromatic nitrogens is 1. The van der Waals surface area contributed by atoms with Crippen LogP contribution < -0.4 is 5.32 Å². The van der Waals surface area contributed by atoms with Crippen LogP contribution in [-0.2, 0) is 0 Å². The zero-order valence-corrected chi connectivity index (χ0v) is 9.60. The van der Waals surface area contributed by atoms with Crippen LogP contribution in [0.2, 0.25) is 0 Å². The van der Waals surface area contributed by atoms with E-state index in [-0.39, 0.29) is 5.82 Å². The van der Waals surface area contributed by atoms with Gasteiger partial charge in [0.15, 0.2) is 0 Å². The highest BCUT2D eigenvalue weighted by atomic mass is 19.1. The van der Waals surface area contributed by atoms with Gasteiger partial charge in [-0.1, -0.05) is 6.07 Å². The van der Waals surface area contributed by atoms with Crippen molar-refractivity contribution in [3.05, 3.63) is 66.6 Å². The summed E-state index contributed by atoms with van der Waals surface area (Å²) >= 11 is 0. The molecule has 0 bridgehead atoms. The first kappa shape index (κ1) is 10.7. The van der Waals surface area contributed by atoms with Gasteiger partial charge in [-0.3, -0.25) is 4.98 Å². The summed E-state index contributed by atoms with van der Waals surface area (Å²) in [4.78, 5) is 4.26. The Balaban J connectivity index is 1.92. The molecule has 0 atom stereocenters. The molecular formula is C15H11FN2. The minimum Gasteiger partial charge on any atom is -0.356 e. The molecule has 0 saturated carbocycles. The van der Waals surface area contributed by atoms with Crippen molar-refractivity contribution in [1.29, 1.82) is 0 Å². The van der Waals surface area contributed by atoms with Crippen molar-refractivity contribution < 1.29 is 4.39 Å². The molecule has 3 rings (SSSR count). The molecule has 1 aromatic heterocycles. The normalized spacial score (nSPS) is 10.5. The van der Waals surface area contributed by atoms with Crippen molar-refractivity contribution >= 4 is 22.3 Å². The summed E-state index contributed by atoms with van der Waals surface area (Å²) in [6, 6.07) is 16.1. The largest absolute Gasteiger partial charge is 0.356 e. The summed E-state index contributed by atoms with van der Waals surface area (Å²) in [6.07, 6.45) is 1.77. The maximum Gasteiger partial charge on any atom is 0.123 e. The van der Waals surface area contributed by atoms with Crippen LogP contribution in [0.5, 0.6) is 0 Å². The molecular weight excluding hydrogens is 227 g/mol. The highest BCUT2D eigenvalue weighted by Crippen LogP contribution is 2.21. The molecule has 2 nitrogen and oxygen atoms in total. The number of pyridine rings is 1. The number of hydrogen-bond donors (Lipinski definition) is 1. The maximum absolute atomic E-state index is 12.8. The molecule has 88 valence electrons. The summed E-state index contributed by atoms with van der Waals surface area (Å²) in [5.41, 5.74) is 2.78. The van der Waals surface area contributed by atoms with Crippen LogP contribution in [0, 0.1) is 5.82 Å². The van der Waals surface area contributed by atoms with E-state index in [9.17, 15) is 4.39 Å². The summed E-state index contributed by atoms with van der Waals surface area (Å²) in [6.45, 7) is 0. The van der Waals surface area contributed by atoms with Crippen molar-refractivity contribution in [2.24, 2.45) is 0 Å². The fourth-order valence-corrected chi connectivity index (χ4v) is 1.85. The van der Waals surface area contributed by atoms with Gasteiger partial charge in [0, 0.05) is 23.0 Å². The second kappa shape index (κ2) is 4.45. The highest BCUT2D eigenvalue weighted by Gasteiger charge is 1.98. The van der Waals surface area contributed by atoms with Crippen molar-refractivity contribution in [3.8, 4) is 0 Å². The smallest absolute Gasteiger partial charge is 0.123 e. The first-order valence-corrected chi connectivity index (χ1v) is 5.69. The molecule has 1 heterocycles. The summed E-state index contributed by atoms with van der Waals surface area (Å²) in [5, 5.41) is 4.30. The fourth-order valence-electron chi connectivity index (χ4n) is 1.85. The Morgan fingerprint density at radius 2 is 1.67 bits per heavy atom. The minimum absolute atomic E-state index is 0.233. The Morgan fingerprint density at radius 1 is 0.889 bits per heavy atom. The third-order valence-corrected chi connectivity index (χ3v) is 2.74. The van der Waals surface area contributed by atoms with Gasteiger partial charge in [0.05, 0.1) is 5.52 Å². The van der Waals surface area contributed by atoms with Crippen molar-refractivity contribution in [2.75, 3.05) is 5.32 Å². The van der Waals surface area contributed by atoms with Gasteiger partial charge in [-0.25, -0.2) is 4.39 Å². The quantitative estimate of drug-likeness (QED) is 0.726. The number of nitrogens with one attached hydrogen (secondary N) is 1. The van der Waals surface area contributed by atoms with Crippen LogP contribution >= 0.6 is 0 Å². The van der Waals surface area contributed by atoms with Crippen LogP contribution in [0.3, 0.4) is 0 Å². The van der Waals surface area contributed by atoms with Gasteiger partial charge in [-0.15, -0.1) is 0 Å². The van der Waals surface area contributed by atoms with E-state index in [0.29, 0.717) is 0 Å². The molecule has 0 fully saturated rings. The van der Waals surface area contributed by atoms with Gasteiger partial charge in [0.25, 0.3) is 0 Å². The van der Waals surface area contributed by atoms with Crippen LogP contribution in [0.15, 0.2) is 60.8 Å². The lowest BCUT2D eigenvalue weighted by Gasteiger charge is -2.07.